The lowest BCUT2D eigenvalue weighted by atomic mass is 9.93. The van der Waals surface area contributed by atoms with Gasteiger partial charge in [-0.05, 0) is 6.54 Å². The van der Waals surface area contributed by atoms with Crippen molar-refractivity contribution in [2.75, 3.05) is 20.3 Å². The molecule has 104 valence electrons. The van der Waals surface area contributed by atoms with Gasteiger partial charge in [0.25, 0.3) is 0 Å². The first-order valence-electron chi connectivity index (χ1n) is 6.58. The number of hydrogen-bond donors (Lipinski definition) is 1. The van der Waals surface area contributed by atoms with Crippen molar-refractivity contribution in [3.8, 4) is 0 Å². The van der Waals surface area contributed by atoms with E-state index < -0.39 is 0 Å². The Morgan fingerprint density at radius 2 is 2.11 bits per heavy atom. The Balaban J connectivity index is 2.89. The predicted octanol–water partition coefficient (Wildman–Crippen LogP) is 3.37. The van der Waals surface area contributed by atoms with Gasteiger partial charge in [0, 0.05) is 23.8 Å². The van der Waals surface area contributed by atoms with E-state index in [9.17, 15) is 0 Å². The van der Waals surface area contributed by atoms with Crippen LogP contribution in [0.4, 0.5) is 0 Å². The molecular formula is C14H26N2OS. The zero-order valence-corrected chi connectivity index (χ0v) is 13.2. The summed E-state index contributed by atoms with van der Waals surface area (Å²) in [7, 11) is 1.75. The van der Waals surface area contributed by atoms with Crippen LogP contribution in [-0.2, 0) is 10.2 Å². The van der Waals surface area contributed by atoms with Crippen LogP contribution in [-0.4, -0.2) is 25.2 Å². The second-order valence-corrected chi connectivity index (χ2v) is 6.68. The lowest BCUT2D eigenvalue weighted by molar-refractivity contribution is 0.139. The fourth-order valence-electron chi connectivity index (χ4n) is 1.89. The van der Waals surface area contributed by atoms with Gasteiger partial charge >= 0.3 is 0 Å². The highest BCUT2D eigenvalue weighted by atomic mass is 32.1. The monoisotopic (exact) mass is 270 g/mol. The Bertz CT molecular complexity index is 357. The number of thiazole rings is 1. The Hall–Kier alpha value is -0.450. The summed E-state index contributed by atoms with van der Waals surface area (Å²) in [4.78, 5) is 4.80. The van der Waals surface area contributed by atoms with E-state index in [-0.39, 0.29) is 11.5 Å². The van der Waals surface area contributed by atoms with E-state index in [1.165, 1.54) is 10.7 Å². The molecule has 1 aromatic heterocycles. The molecule has 1 aromatic rings. The molecule has 0 aliphatic rings. The molecule has 0 bridgehead atoms. The highest BCUT2D eigenvalue weighted by Gasteiger charge is 2.24. The number of nitrogens with zero attached hydrogens (tertiary/aromatic N) is 1. The summed E-state index contributed by atoms with van der Waals surface area (Å²) in [6.07, 6.45) is 0. The van der Waals surface area contributed by atoms with Crippen molar-refractivity contribution in [3.05, 3.63) is 16.1 Å². The Morgan fingerprint density at radius 1 is 1.44 bits per heavy atom. The summed E-state index contributed by atoms with van der Waals surface area (Å²) >= 11 is 1.75. The van der Waals surface area contributed by atoms with Crippen LogP contribution in [0.15, 0.2) is 5.38 Å². The molecule has 1 heterocycles. The van der Waals surface area contributed by atoms with Gasteiger partial charge in [0.05, 0.1) is 18.3 Å². The third kappa shape index (κ3) is 4.04. The van der Waals surface area contributed by atoms with Crippen LogP contribution in [0.25, 0.3) is 0 Å². The van der Waals surface area contributed by atoms with Gasteiger partial charge in [-0.25, -0.2) is 4.98 Å². The molecule has 0 radical (unpaired) electrons. The van der Waals surface area contributed by atoms with Gasteiger partial charge in [-0.2, -0.15) is 0 Å². The zero-order valence-electron chi connectivity index (χ0n) is 12.4. The summed E-state index contributed by atoms with van der Waals surface area (Å²) < 4.78 is 5.26. The molecule has 0 saturated heterocycles. The number of methoxy groups -OCH3 is 1. The Morgan fingerprint density at radius 3 is 2.56 bits per heavy atom. The van der Waals surface area contributed by atoms with Crippen LogP contribution in [0.2, 0.25) is 0 Å². The minimum Gasteiger partial charge on any atom is -0.384 e. The highest BCUT2D eigenvalue weighted by molar-refractivity contribution is 7.09. The van der Waals surface area contributed by atoms with Crippen molar-refractivity contribution >= 4 is 11.3 Å². The van der Waals surface area contributed by atoms with Crippen LogP contribution in [0, 0.1) is 5.92 Å². The van der Waals surface area contributed by atoms with Crippen molar-refractivity contribution in [3.63, 3.8) is 0 Å². The molecule has 4 heteroatoms. The van der Waals surface area contributed by atoms with E-state index in [2.05, 4.69) is 45.3 Å². The summed E-state index contributed by atoms with van der Waals surface area (Å²) in [5.74, 6) is 0.425. The van der Waals surface area contributed by atoms with E-state index in [1.807, 2.05) is 0 Å². The normalized spacial score (nSPS) is 15.7. The fraction of sp³-hybridized carbons (Fsp3) is 0.786. The van der Waals surface area contributed by atoms with E-state index in [0.29, 0.717) is 5.92 Å². The first-order valence-corrected chi connectivity index (χ1v) is 7.46. The van der Waals surface area contributed by atoms with Crippen molar-refractivity contribution in [2.24, 2.45) is 5.92 Å². The van der Waals surface area contributed by atoms with Crippen LogP contribution >= 0.6 is 11.3 Å². The van der Waals surface area contributed by atoms with Crippen LogP contribution in [0.5, 0.6) is 0 Å². The van der Waals surface area contributed by atoms with E-state index in [4.69, 9.17) is 9.72 Å². The SMILES string of the molecule is CCNC(c1nc(C(C)(C)C)cs1)C(C)COC. The maximum absolute atomic E-state index is 5.26. The highest BCUT2D eigenvalue weighted by Crippen LogP contribution is 2.30. The van der Waals surface area contributed by atoms with E-state index >= 15 is 0 Å². The average Bonchev–Trinajstić information content (AvgIpc) is 2.74. The van der Waals surface area contributed by atoms with Crippen molar-refractivity contribution < 1.29 is 4.74 Å². The topological polar surface area (TPSA) is 34.2 Å². The molecule has 0 aromatic carbocycles. The summed E-state index contributed by atoms with van der Waals surface area (Å²) in [6.45, 7) is 12.6. The van der Waals surface area contributed by atoms with E-state index in [0.717, 1.165) is 13.2 Å². The number of ether oxygens (including phenoxy) is 1. The molecule has 0 fully saturated rings. The first kappa shape index (κ1) is 15.6. The number of rotatable bonds is 6. The van der Waals surface area contributed by atoms with Gasteiger partial charge in [0.2, 0.25) is 0 Å². The molecule has 2 unspecified atom stereocenters. The molecule has 0 saturated carbocycles. The molecule has 2 atom stereocenters. The number of aromatic nitrogens is 1. The molecule has 0 aliphatic carbocycles. The molecular weight excluding hydrogens is 244 g/mol. The molecule has 1 N–H and O–H groups in total. The fourth-order valence-corrected chi connectivity index (χ4v) is 3.14. The molecule has 0 aliphatic heterocycles. The smallest absolute Gasteiger partial charge is 0.110 e. The van der Waals surface area contributed by atoms with Gasteiger partial charge in [-0.1, -0.05) is 34.6 Å². The molecule has 3 nitrogen and oxygen atoms in total. The van der Waals surface area contributed by atoms with Gasteiger partial charge in [-0.3, -0.25) is 0 Å². The Kier molecular flexibility index (Phi) is 5.76. The maximum atomic E-state index is 5.26. The second-order valence-electron chi connectivity index (χ2n) is 5.79. The standard InChI is InChI=1S/C14H26N2OS/c1-7-15-12(10(2)8-17-6)13-16-11(9-18-13)14(3,4)5/h9-10,12,15H,7-8H2,1-6H3. The average molecular weight is 270 g/mol. The summed E-state index contributed by atoms with van der Waals surface area (Å²) in [5, 5.41) is 6.87. The third-order valence-corrected chi connectivity index (χ3v) is 3.91. The first-order chi connectivity index (χ1) is 8.40. The van der Waals surface area contributed by atoms with Crippen molar-refractivity contribution in [1.29, 1.82) is 0 Å². The van der Waals surface area contributed by atoms with Gasteiger partial charge in [-0.15, -0.1) is 11.3 Å². The Labute approximate surface area is 115 Å². The predicted molar refractivity (Wildman–Crippen MR) is 78.3 cm³/mol. The van der Waals surface area contributed by atoms with Gasteiger partial charge in [0.15, 0.2) is 0 Å². The molecule has 0 spiro atoms. The van der Waals surface area contributed by atoms with Crippen LogP contribution < -0.4 is 5.32 Å². The third-order valence-electron chi connectivity index (χ3n) is 2.98. The molecule has 18 heavy (non-hydrogen) atoms. The van der Waals surface area contributed by atoms with Crippen LogP contribution in [0.1, 0.15) is 51.4 Å². The van der Waals surface area contributed by atoms with Gasteiger partial charge in [0.1, 0.15) is 5.01 Å². The maximum Gasteiger partial charge on any atom is 0.110 e. The summed E-state index contributed by atoms with van der Waals surface area (Å²) in [6, 6.07) is 0.288. The minimum atomic E-state index is 0.121. The van der Waals surface area contributed by atoms with E-state index in [1.54, 1.807) is 18.4 Å². The van der Waals surface area contributed by atoms with Crippen LogP contribution in [0.3, 0.4) is 0 Å². The zero-order chi connectivity index (χ0) is 13.8. The minimum absolute atomic E-state index is 0.121. The quantitative estimate of drug-likeness (QED) is 0.860. The number of hydrogen-bond acceptors (Lipinski definition) is 4. The lowest BCUT2D eigenvalue weighted by Gasteiger charge is -2.22. The number of nitrogens with one attached hydrogen (secondary N) is 1. The second kappa shape index (κ2) is 6.64. The largest absolute Gasteiger partial charge is 0.384 e. The van der Waals surface area contributed by atoms with Crippen molar-refractivity contribution in [2.45, 2.75) is 46.1 Å². The lowest BCUT2D eigenvalue weighted by Crippen LogP contribution is -2.29. The van der Waals surface area contributed by atoms with Crippen molar-refractivity contribution in [1.82, 2.24) is 10.3 Å². The van der Waals surface area contributed by atoms with Gasteiger partial charge < -0.3 is 10.1 Å². The summed E-state index contributed by atoms with van der Waals surface area (Å²) in [5.41, 5.74) is 1.30. The molecule has 0 amide bonds. The molecule has 1 rings (SSSR count).